The van der Waals surface area contributed by atoms with Crippen molar-refractivity contribution in [2.75, 3.05) is 39.9 Å². The number of aliphatic imine (C=N–C) groups is 1. The van der Waals surface area contributed by atoms with E-state index in [1.807, 2.05) is 18.8 Å². The number of piperidine rings is 1. The summed E-state index contributed by atoms with van der Waals surface area (Å²) >= 11 is 0. The molecular formula is C21H37N5O2. The first-order valence-corrected chi connectivity index (χ1v) is 10.8. The molecule has 0 spiro atoms. The summed E-state index contributed by atoms with van der Waals surface area (Å²) in [4.78, 5) is 6.83. The molecule has 0 amide bonds. The van der Waals surface area contributed by atoms with Gasteiger partial charge < -0.3 is 19.7 Å². The van der Waals surface area contributed by atoms with Crippen molar-refractivity contribution in [1.29, 1.82) is 0 Å². The van der Waals surface area contributed by atoms with Crippen LogP contribution in [0.25, 0.3) is 0 Å². The van der Waals surface area contributed by atoms with Gasteiger partial charge in [0, 0.05) is 46.0 Å². The average molecular weight is 392 g/mol. The topological polar surface area (TPSA) is 63.9 Å². The van der Waals surface area contributed by atoms with Crippen LogP contribution in [0.15, 0.2) is 4.99 Å². The number of hydrogen-bond donors (Lipinski definition) is 1. The standard InChI is InChI=1S/C21H37N5O2/c1-16-20(17(2)25(4)24-16)8-11-23-21(22-3)26-12-9-18(10-13-26)28-15-19-7-5-6-14-27-19/h18-19H,5-15H2,1-4H3,(H,22,23). The van der Waals surface area contributed by atoms with Gasteiger partial charge in [-0.2, -0.15) is 5.10 Å². The second-order valence-corrected chi connectivity index (χ2v) is 8.01. The molecule has 0 radical (unpaired) electrons. The minimum Gasteiger partial charge on any atom is -0.376 e. The lowest BCUT2D eigenvalue weighted by Gasteiger charge is -2.35. The van der Waals surface area contributed by atoms with Crippen molar-refractivity contribution in [2.45, 2.75) is 64.6 Å². The lowest BCUT2D eigenvalue weighted by atomic mass is 10.1. The van der Waals surface area contributed by atoms with Crippen LogP contribution in [0.4, 0.5) is 0 Å². The Bertz CT molecular complexity index is 643. The van der Waals surface area contributed by atoms with E-state index in [4.69, 9.17) is 9.47 Å². The molecule has 1 N–H and O–H groups in total. The van der Waals surface area contributed by atoms with Crippen LogP contribution < -0.4 is 5.32 Å². The van der Waals surface area contributed by atoms with E-state index >= 15 is 0 Å². The molecule has 1 unspecified atom stereocenters. The zero-order valence-electron chi connectivity index (χ0n) is 18.0. The van der Waals surface area contributed by atoms with Crippen molar-refractivity contribution in [1.82, 2.24) is 20.0 Å². The van der Waals surface area contributed by atoms with Gasteiger partial charge in [0.1, 0.15) is 0 Å². The summed E-state index contributed by atoms with van der Waals surface area (Å²) < 4.78 is 13.9. The second-order valence-electron chi connectivity index (χ2n) is 8.01. The smallest absolute Gasteiger partial charge is 0.193 e. The molecule has 0 saturated carbocycles. The van der Waals surface area contributed by atoms with Crippen LogP contribution in [0.5, 0.6) is 0 Å². The molecule has 0 aromatic carbocycles. The lowest BCUT2D eigenvalue weighted by Crippen LogP contribution is -2.47. The predicted molar refractivity (Wildman–Crippen MR) is 112 cm³/mol. The largest absolute Gasteiger partial charge is 0.376 e. The van der Waals surface area contributed by atoms with Gasteiger partial charge in [-0.25, -0.2) is 0 Å². The third-order valence-electron chi connectivity index (χ3n) is 6.06. The summed E-state index contributed by atoms with van der Waals surface area (Å²) in [5.74, 6) is 0.994. The van der Waals surface area contributed by atoms with Gasteiger partial charge in [-0.05, 0) is 57.9 Å². The normalized spacial score (nSPS) is 21.9. The fraction of sp³-hybridized carbons (Fsp3) is 0.810. The van der Waals surface area contributed by atoms with E-state index in [0.29, 0.717) is 12.2 Å². The van der Waals surface area contributed by atoms with Crippen LogP contribution in [-0.4, -0.2) is 72.7 Å². The maximum Gasteiger partial charge on any atom is 0.193 e. The van der Waals surface area contributed by atoms with Gasteiger partial charge in [0.05, 0.1) is 24.5 Å². The van der Waals surface area contributed by atoms with E-state index in [1.54, 1.807) is 0 Å². The molecule has 3 heterocycles. The van der Waals surface area contributed by atoms with Crippen molar-refractivity contribution in [3.8, 4) is 0 Å². The Kier molecular flexibility index (Phi) is 7.73. The van der Waals surface area contributed by atoms with E-state index < -0.39 is 0 Å². The number of ether oxygens (including phenoxy) is 2. The number of nitrogens with one attached hydrogen (secondary N) is 1. The van der Waals surface area contributed by atoms with Gasteiger partial charge in [0.2, 0.25) is 0 Å². The molecule has 3 rings (SSSR count). The molecule has 28 heavy (non-hydrogen) atoms. The first-order valence-electron chi connectivity index (χ1n) is 10.8. The minimum atomic E-state index is 0.306. The Balaban J connectivity index is 1.38. The zero-order valence-corrected chi connectivity index (χ0v) is 18.0. The van der Waals surface area contributed by atoms with E-state index in [-0.39, 0.29) is 0 Å². The molecule has 1 aromatic rings. The molecular weight excluding hydrogens is 354 g/mol. The third-order valence-corrected chi connectivity index (χ3v) is 6.06. The van der Waals surface area contributed by atoms with Gasteiger partial charge in [0.15, 0.2) is 5.96 Å². The molecule has 0 aliphatic carbocycles. The van der Waals surface area contributed by atoms with Crippen LogP contribution in [0.2, 0.25) is 0 Å². The summed E-state index contributed by atoms with van der Waals surface area (Å²) in [6, 6.07) is 0. The number of hydrogen-bond acceptors (Lipinski definition) is 4. The fourth-order valence-electron chi connectivity index (χ4n) is 4.23. The van der Waals surface area contributed by atoms with Gasteiger partial charge in [-0.1, -0.05) is 0 Å². The fourth-order valence-corrected chi connectivity index (χ4v) is 4.23. The lowest BCUT2D eigenvalue weighted by molar-refractivity contribution is -0.0721. The molecule has 2 aliphatic rings. The van der Waals surface area contributed by atoms with Crippen molar-refractivity contribution in [3.63, 3.8) is 0 Å². The van der Waals surface area contributed by atoms with Gasteiger partial charge >= 0.3 is 0 Å². The molecule has 7 heteroatoms. The number of rotatable bonds is 6. The minimum absolute atomic E-state index is 0.306. The number of aryl methyl sites for hydroxylation is 2. The average Bonchev–Trinajstić information content (AvgIpc) is 2.97. The van der Waals surface area contributed by atoms with Crippen LogP contribution in [0.1, 0.15) is 49.1 Å². The highest BCUT2D eigenvalue weighted by Crippen LogP contribution is 2.18. The monoisotopic (exact) mass is 391 g/mol. The molecule has 0 bridgehead atoms. The summed E-state index contributed by atoms with van der Waals surface area (Å²) in [6.07, 6.45) is 7.33. The van der Waals surface area contributed by atoms with E-state index in [2.05, 4.69) is 34.2 Å². The highest BCUT2D eigenvalue weighted by atomic mass is 16.5. The summed E-state index contributed by atoms with van der Waals surface area (Å²) in [5, 5.41) is 8.03. The van der Waals surface area contributed by atoms with Crippen LogP contribution in [-0.2, 0) is 22.9 Å². The van der Waals surface area contributed by atoms with Gasteiger partial charge in [0.25, 0.3) is 0 Å². The van der Waals surface area contributed by atoms with E-state index in [0.717, 1.165) is 70.2 Å². The summed E-state index contributed by atoms with van der Waals surface area (Å²) in [5.41, 5.74) is 3.70. The Morgan fingerprint density at radius 3 is 2.64 bits per heavy atom. The molecule has 2 saturated heterocycles. The van der Waals surface area contributed by atoms with Gasteiger partial charge in [-0.15, -0.1) is 0 Å². The summed E-state index contributed by atoms with van der Waals surface area (Å²) in [6.45, 7) is 8.71. The number of aromatic nitrogens is 2. The first kappa shape index (κ1) is 21.1. The molecule has 158 valence electrons. The Morgan fingerprint density at radius 1 is 1.25 bits per heavy atom. The molecule has 1 atom stereocenters. The van der Waals surface area contributed by atoms with Gasteiger partial charge in [-0.3, -0.25) is 9.67 Å². The third kappa shape index (κ3) is 5.47. The molecule has 1 aromatic heterocycles. The van der Waals surface area contributed by atoms with E-state index in [1.165, 1.54) is 24.1 Å². The number of likely N-dealkylation sites (tertiary alicyclic amines) is 1. The SMILES string of the molecule is CN=C(NCCc1c(C)nn(C)c1C)N1CCC(OCC2CCCCO2)CC1. The van der Waals surface area contributed by atoms with Crippen LogP contribution in [0, 0.1) is 13.8 Å². The molecule has 2 aliphatic heterocycles. The Morgan fingerprint density at radius 2 is 2.04 bits per heavy atom. The number of nitrogens with zero attached hydrogens (tertiary/aromatic N) is 4. The maximum absolute atomic E-state index is 6.13. The van der Waals surface area contributed by atoms with Crippen molar-refractivity contribution in [3.05, 3.63) is 17.0 Å². The van der Waals surface area contributed by atoms with E-state index in [9.17, 15) is 0 Å². The Labute approximate surface area is 169 Å². The molecule has 7 nitrogen and oxygen atoms in total. The van der Waals surface area contributed by atoms with Crippen molar-refractivity contribution in [2.24, 2.45) is 12.0 Å². The number of guanidine groups is 1. The second kappa shape index (κ2) is 10.3. The zero-order chi connectivity index (χ0) is 19.9. The Hall–Kier alpha value is -1.60. The first-order chi connectivity index (χ1) is 13.6. The highest BCUT2D eigenvalue weighted by molar-refractivity contribution is 5.80. The summed E-state index contributed by atoms with van der Waals surface area (Å²) in [7, 11) is 3.87. The maximum atomic E-state index is 6.13. The van der Waals surface area contributed by atoms with Crippen molar-refractivity contribution >= 4 is 5.96 Å². The van der Waals surface area contributed by atoms with Crippen LogP contribution >= 0.6 is 0 Å². The highest BCUT2D eigenvalue weighted by Gasteiger charge is 2.23. The van der Waals surface area contributed by atoms with Crippen LogP contribution in [0.3, 0.4) is 0 Å². The predicted octanol–water partition coefficient (Wildman–Crippen LogP) is 2.20. The quantitative estimate of drug-likeness (QED) is 0.595. The van der Waals surface area contributed by atoms with Crippen molar-refractivity contribution < 1.29 is 9.47 Å². The molecule has 2 fully saturated rings.